The largest absolute Gasteiger partial charge is 4.00 e. The van der Waals surface area contributed by atoms with Crippen LogP contribution in [-0.2, 0) is 26.2 Å². The van der Waals surface area contributed by atoms with Crippen LogP contribution >= 0.6 is 0 Å². The summed E-state index contributed by atoms with van der Waals surface area (Å²) in [4.78, 5) is 0. The number of fused-ring (bicyclic) bond motifs is 4. The molecule has 0 heterocycles. The van der Waals surface area contributed by atoms with E-state index < -0.39 is 0 Å². The van der Waals surface area contributed by atoms with Gasteiger partial charge in [-0.2, -0.15) is 17.5 Å². The third kappa shape index (κ3) is 6.71. The van der Waals surface area contributed by atoms with Gasteiger partial charge in [0.05, 0.1) is 0 Å². The predicted octanol–water partition coefficient (Wildman–Crippen LogP) is 0.795. The standard InChI is InChI=1S/C13H9.C9H7.C2H7Si.2ClH.Zr/c1-3-7-12-10(5-1)9-11-6-2-4-8-13(11)12;1-2-5-9-7-3-6-8(9)4-1;1-3-2;;;/h1-9H;1-7H;3H,1-2H3;2*1H;/q2*-1;;;;+4/p-2. The van der Waals surface area contributed by atoms with E-state index in [1.54, 1.807) is 0 Å². The fourth-order valence-corrected chi connectivity index (χ4v) is 2.97. The second-order valence-electron chi connectivity index (χ2n) is 6.05. The van der Waals surface area contributed by atoms with Crippen LogP contribution < -0.4 is 24.8 Å². The quantitative estimate of drug-likeness (QED) is 0.218. The Labute approximate surface area is 201 Å². The third-order valence-electron chi connectivity index (χ3n) is 4.07. The van der Waals surface area contributed by atoms with Crippen LogP contribution in [0, 0.1) is 0 Å². The Bertz CT molecular complexity index is 985. The van der Waals surface area contributed by atoms with Crippen LogP contribution in [0.4, 0.5) is 0 Å². The zero-order valence-electron chi connectivity index (χ0n) is 16.1. The molecule has 0 aliphatic carbocycles. The molecule has 0 bridgehead atoms. The molecular formula is C24H23Cl2SiZr. The summed E-state index contributed by atoms with van der Waals surface area (Å²) in [6.07, 6.45) is 0. The van der Waals surface area contributed by atoms with Gasteiger partial charge >= 0.3 is 26.2 Å². The molecule has 0 nitrogen and oxygen atoms in total. The van der Waals surface area contributed by atoms with E-state index in [1.807, 2.05) is 0 Å². The van der Waals surface area contributed by atoms with E-state index in [0.29, 0.717) is 0 Å². The van der Waals surface area contributed by atoms with Gasteiger partial charge in [0.15, 0.2) is 0 Å². The Morgan fingerprint density at radius 2 is 1.04 bits per heavy atom. The molecule has 5 aromatic carbocycles. The molecule has 0 saturated heterocycles. The molecule has 0 atom stereocenters. The van der Waals surface area contributed by atoms with E-state index in [0.717, 1.165) is 9.52 Å². The maximum absolute atomic E-state index is 2.24. The van der Waals surface area contributed by atoms with Gasteiger partial charge in [0, 0.05) is 9.52 Å². The Balaban J connectivity index is 0.000000434. The first-order valence-corrected chi connectivity index (χ1v) is 11.0. The fourth-order valence-electron chi connectivity index (χ4n) is 2.97. The average molecular weight is 502 g/mol. The van der Waals surface area contributed by atoms with Gasteiger partial charge in [-0.05, 0) is 0 Å². The van der Waals surface area contributed by atoms with E-state index in [-0.39, 0.29) is 51.0 Å². The number of rotatable bonds is 0. The van der Waals surface area contributed by atoms with Gasteiger partial charge in [-0.3, -0.25) is 0 Å². The first kappa shape index (κ1) is 26.8. The topological polar surface area (TPSA) is 0 Å². The van der Waals surface area contributed by atoms with Crippen LogP contribution in [0.2, 0.25) is 13.1 Å². The van der Waals surface area contributed by atoms with Crippen molar-refractivity contribution < 1.29 is 51.0 Å². The molecule has 0 aliphatic heterocycles. The van der Waals surface area contributed by atoms with E-state index in [4.69, 9.17) is 0 Å². The minimum absolute atomic E-state index is 0. The third-order valence-corrected chi connectivity index (χ3v) is 4.07. The Hall–Kier alpha value is -1.18. The summed E-state index contributed by atoms with van der Waals surface area (Å²) in [7, 11) is 0.750. The van der Waals surface area contributed by atoms with Crippen molar-refractivity contribution in [2.75, 3.05) is 0 Å². The first-order chi connectivity index (χ1) is 12.3. The van der Waals surface area contributed by atoms with E-state index in [1.165, 1.54) is 32.3 Å². The van der Waals surface area contributed by atoms with Gasteiger partial charge in [-0.15, -0.1) is 69.4 Å². The molecule has 0 aromatic heterocycles. The van der Waals surface area contributed by atoms with Gasteiger partial charge in [0.1, 0.15) is 0 Å². The zero-order chi connectivity index (χ0) is 17.5. The monoisotopic (exact) mass is 499 g/mol. The van der Waals surface area contributed by atoms with Crippen LogP contribution in [0.15, 0.2) is 97.1 Å². The summed E-state index contributed by atoms with van der Waals surface area (Å²) in [5, 5.41) is 8.05. The van der Waals surface area contributed by atoms with Gasteiger partial charge in [0.25, 0.3) is 0 Å². The summed E-state index contributed by atoms with van der Waals surface area (Å²) in [6, 6.07) is 33.9. The molecule has 28 heavy (non-hydrogen) atoms. The molecule has 4 heteroatoms. The van der Waals surface area contributed by atoms with Crippen molar-refractivity contribution in [1.29, 1.82) is 0 Å². The second-order valence-corrected chi connectivity index (χ2v) is 7.21. The number of hydrogen-bond acceptors (Lipinski definition) is 0. The minimum atomic E-state index is 0. The molecule has 0 aliphatic rings. The summed E-state index contributed by atoms with van der Waals surface area (Å²) in [6.45, 7) is 4.42. The van der Waals surface area contributed by atoms with Crippen LogP contribution in [0.25, 0.3) is 32.3 Å². The first-order valence-electron chi connectivity index (χ1n) is 8.71. The molecule has 141 valence electrons. The second kappa shape index (κ2) is 13.9. The van der Waals surface area contributed by atoms with Gasteiger partial charge < -0.3 is 24.8 Å². The Morgan fingerprint density at radius 1 is 0.607 bits per heavy atom. The van der Waals surface area contributed by atoms with Gasteiger partial charge in [-0.25, -0.2) is 0 Å². The molecule has 0 amide bonds. The Morgan fingerprint density at radius 3 is 1.54 bits per heavy atom. The maximum atomic E-state index is 2.24. The molecule has 0 unspecified atom stereocenters. The minimum Gasteiger partial charge on any atom is -1.00 e. The summed E-state index contributed by atoms with van der Waals surface area (Å²) in [5.74, 6) is 0. The van der Waals surface area contributed by atoms with Crippen molar-refractivity contribution in [3.63, 3.8) is 0 Å². The number of hydrogen-bond donors (Lipinski definition) is 0. The number of benzene rings is 3. The molecule has 0 saturated carbocycles. The van der Waals surface area contributed by atoms with E-state index in [9.17, 15) is 0 Å². The summed E-state index contributed by atoms with van der Waals surface area (Å²) in [5.41, 5.74) is 0. The van der Waals surface area contributed by atoms with Gasteiger partial charge in [0.2, 0.25) is 0 Å². The smallest absolute Gasteiger partial charge is 1.00 e. The molecule has 0 fully saturated rings. The Kier molecular flexibility index (Phi) is 13.3. The summed E-state index contributed by atoms with van der Waals surface area (Å²) < 4.78 is 0. The molecule has 0 spiro atoms. The zero-order valence-corrected chi connectivity index (χ0v) is 21.2. The normalized spacial score (nSPS) is 9.07. The van der Waals surface area contributed by atoms with Crippen molar-refractivity contribution >= 4 is 41.8 Å². The van der Waals surface area contributed by atoms with Crippen LogP contribution in [0.1, 0.15) is 0 Å². The predicted molar refractivity (Wildman–Crippen MR) is 115 cm³/mol. The summed E-state index contributed by atoms with van der Waals surface area (Å²) >= 11 is 0. The number of halogens is 2. The van der Waals surface area contributed by atoms with Crippen LogP contribution in [0.5, 0.6) is 0 Å². The van der Waals surface area contributed by atoms with Crippen molar-refractivity contribution in [1.82, 2.24) is 0 Å². The van der Waals surface area contributed by atoms with E-state index >= 15 is 0 Å². The SMILES string of the molecule is C[SiH]C.[Cl-].[Cl-].[Zr+4].c1ccc2[cH-]ccc2c1.c1ccc2c(c1)[cH-]c1ccccc12. The molecule has 0 N–H and O–H groups in total. The van der Waals surface area contributed by atoms with Crippen molar-refractivity contribution in [3.8, 4) is 0 Å². The molecule has 5 rings (SSSR count). The maximum Gasteiger partial charge on any atom is 4.00 e. The van der Waals surface area contributed by atoms with Gasteiger partial charge in [-0.1, -0.05) is 55.6 Å². The van der Waals surface area contributed by atoms with Crippen LogP contribution in [-0.4, -0.2) is 9.52 Å². The van der Waals surface area contributed by atoms with Crippen molar-refractivity contribution in [2.24, 2.45) is 0 Å². The molecule has 5 aromatic rings. The molecule has 1 radical (unpaired) electrons. The molecular weight excluding hydrogens is 478 g/mol. The average Bonchev–Trinajstić information content (AvgIpc) is 3.27. The van der Waals surface area contributed by atoms with Crippen molar-refractivity contribution in [2.45, 2.75) is 13.1 Å². The van der Waals surface area contributed by atoms with Crippen LogP contribution in [0.3, 0.4) is 0 Å². The van der Waals surface area contributed by atoms with E-state index in [2.05, 4.69) is 110 Å². The van der Waals surface area contributed by atoms with Crippen molar-refractivity contribution in [3.05, 3.63) is 97.1 Å². The fraction of sp³-hybridized carbons (Fsp3) is 0.0833.